The first kappa shape index (κ1) is 19.3. The lowest BCUT2D eigenvalue weighted by atomic mass is 10.2. The summed E-state index contributed by atoms with van der Waals surface area (Å²) < 4.78 is 65.5. The molecule has 0 aliphatic heterocycles. The first-order valence-electron chi connectivity index (χ1n) is 7.26. The summed E-state index contributed by atoms with van der Waals surface area (Å²) >= 11 is 0. The van der Waals surface area contributed by atoms with Crippen LogP contribution in [0.1, 0.15) is 5.69 Å². The molecule has 0 saturated carbocycles. The van der Waals surface area contributed by atoms with Crippen molar-refractivity contribution in [1.29, 1.82) is 0 Å². The molecule has 2 N–H and O–H groups in total. The van der Waals surface area contributed by atoms with Crippen LogP contribution in [0.5, 0.6) is 5.75 Å². The Morgan fingerprint density at radius 1 is 1.36 bits per heavy atom. The number of sulfonamides is 1. The minimum Gasteiger partial charge on any atom is -0.406 e. The molecule has 6 nitrogen and oxygen atoms in total. The highest BCUT2D eigenvalue weighted by Crippen LogP contribution is 2.27. The van der Waals surface area contributed by atoms with Crippen molar-refractivity contribution in [3.05, 3.63) is 41.9 Å². The predicted octanol–water partition coefficient (Wildman–Crippen LogP) is 2.56. The van der Waals surface area contributed by atoms with E-state index >= 15 is 0 Å². The molecule has 0 atom stereocenters. The van der Waals surface area contributed by atoms with Gasteiger partial charge in [-0.1, -0.05) is 6.58 Å². The molecule has 2 aromatic rings. The van der Waals surface area contributed by atoms with Crippen molar-refractivity contribution in [2.75, 3.05) is 20.1 Å². The van der Waals surface area contributed by atoms with E-state index in [0.717, 1.165) is 11.1 Å². The molecule has 10 heteroatoms. The maximum absolute atomic E-state index is 12.3. The number of fused-ring (bicyclic) bond motifs is 1. The van der Waals surface area contributed by atoms with Gasteiger partial charge in [-0.2, -0.15) is 0 Å². The molecule has 0 unspecified atom stereocenters. The van der Waals surface area contributed by atoms with E-state index in [2.05, 4.69) is 21.0 Å². The number of halogens is 3. The molecule has 25 heavy (non-hydrogen) atoms. The molecule has 0 aliphatic carbocycles. The van der Waals surface area contributed by atoms with Crippen LogP contribution in [0.25, 0.3) is 10.9 Å². The SMILES string of the molecule is C=CS(=O)(=O)NCCN(C)Cc1cc2cc(OC(F)(F)F)ccc2[nH]1. The number of benzene rings is 1. The van der Waals surface area contributed by atoms with Gasteiger partial charge in [0.15, 0.2) is 0 Å². The van der Waals surface area contributed by atoms with Gasteiger partial charge < -0.3 is 9.72 Å². The fourth-order valence-corrected chi connectivity index (χ4v) is 2.75. The Balaban J connectivity index is 1.98. The van der Waals surface area contributed by atoms with E-state index < -0.39 is 16.4 Å². The van der Waals surface area contributed by atoms with Gasteiger partial charge in [-0.3, -0.25) is 4.90 Å². The van der Waals surface area contributed by atoms with Crippen molar-refractivity contribution in [2.24, 2.45) is 0 Å². The summed E-state index contributed by atoms with van der Waals surface area (Å²) in [6.07, 6.45) is -4.73. The van der Waals surface area contributed by atoms with E-state index in [0.29, 0.717) is 24.0 Å². The predicted molar refractivity (Wildman–Crippen MR) is 88.4 cm³/mol. The monoisotopic (exact) mass is 377 g/mol. The second-order valence-corrected chi connectivity index (χ2v) is 7.15. The minimum atomic E-state index is -4.73. The number of aromatic amines is 1. The number of aromatic nitrogens is 1. The third-order valence-corrected chi connectivity index (χ3v) is 4.38. The lowest BCUT2D eigenvalue weighted by Crippen LogP contribution is -2.31. The molecule has 2 rings (SSSR count). The third-order valence-electron chi connectivity index (χ3n) is 3.34. The standard InChI is InChI=1S/C15H18F3N3O3S/c1-3-25(22,23)19-6-7-21(2)10-12-8-11-9-13(24-15(16,17)18)4-5-14(11)20-12/h3-5,8-9,19-20H,1,6-7,10H2,2H3. The van der Waals surface area contributed by atoms with Crippen LogP contribution in [0.2, 0.25) is 0 Å². The summed E-state index contributed by atoms with van der Waals surface area (Å²) in [4.78, 5) is 4.97. The van der Waals surface area contributed by atoms with Gasteiger partial charge in [0.05, 0.1) is 0 Å². The highest BCUT2D eigenvalue weighted by atomic mass is 32.2. The number of ether oxygens (including phenoxy) is 1. The van der Waals surface area contributed by atoms with E-state index in [4.69, 9.17) is 0 Å². The maximum Gasteiger partial charge on any atom is 0.573 e. The highest BCUT2D eigenvalue weighted by molar-refractivity contribution is 7.92. The number of hydrogen-bond donors (Lipinski definition) is 2. The molecule has 0 aliphatic rings. The molecule has 0 saturated heterocycles. The zero-order chi connectivity index (χ0) is 18.7. The molecule has 1 aromatic heterocycles. The van der Waals surface area contributed by atoms with Crippen molar-refractivity contribution in [1.82, 2.24) is 14.6 Å². The Morgan fingerprint density at radius 3 is 2.72 bits per heavy atom. The number of nitrogens with one attached hydrogen (secondary N) is 2. The van der Waals surface area contributed by atoms with Crippen LogP contribution in [-0.4, -0.2) is 44.8 Å². The van der Waals surface area contributed by atoms with Crippen LogP contribution in [0.15, 0.2) is 36.3 Å². The summed E-state index contributed by atoms with van der Waals surface area (Å²) in [5, 5.41) is 1.43. The van der Waals surface area contributed by atoms with Crippen LogP contribution >= 0.6 is 0 Å². The summed E-state index contributed by atoms with van der Waals surface area (Å²) in [6.45, 7) is 4.34. The van der Waals surface area contributed by atoms with Crippen molar-refractivity contribution in [3.8, 4) is 5.75 Å². The number of hydrogen-bond acceptors (Lipinski definition) is 4. The quantitative estimate of drug-likeness (QED) is 0.742. The lowest BCUT2D eigenvalue weighted by molar-refractivity contribution is -0.274. The topological polar surface area (TPSA) is 74.4 Å². The first-order valence-corrected chi connectivity index (χ1v) is 8.81. The number of H-pyrrole nitrogens is 1. The average Bonchev–Trinajstić information content (AvgIpc) is 2.86. The second-order valence-electron chi connectivity index (χ2n) is 5.44. The van der Waals surface area contributed by atoms with Gasteiger partial charge in [-0.15, -0.1) is 13.2 Å². The average molecular weight is 377 g/mol. The largest absolute Gasteiger partial charge is 0.573 e. The molecule has 0 bridgehead atoms. The van der Waals surface area contributed by atoms with Crippen molar-refractivity contribution >= 4 is 20.9 Å². The molecule has 0 spiro atoms. The molecular weight excluding hydrogens is 359 g/mol. The van der Waals surface area contributed by atoms with Crippen LogP contribution in [0.3, 0.4) is 0 Å². The van der Waals surface area contributed by atoms with Gasteiger partial charge in [0.25, 0.3) is 0 Å². The van der Waals surface area contributed by atoms with Crippen LogP contribution in [-0.2, 0) is 16.6 Å². The summed E-state index contributed by atoms with van der Waals surface area (Å²) in [6, 6.07) is 5.78. The summed E-state index contributed by atoms with van der Waals surface area (Å²) in [7, 11) is -1.66. The van der Waals surface area contributed by atoms with Crippen molar-refractivity contribution in [3.63, 3.8) is 0 Å². The van der Waals surface area contributed by atoms with Crippen molar-refractivity contribution < 1.29 is 26.3 Å². The molecule has 0 fully saturated rings. The fourth-order valence-electron chi connectivity index (χ4n) is 2.26. The number of rotatable bonds is 8. The zero-order valence-electron chi connectivity index (χ0n) is 13.4. The van der Waals surface area contributed by atoms with E-state index in [-0.39, 0.29) is 12.3 Å². The molecule has 1 heterocycles. The van der Waals surface area contributed by atoms with Gasteiger partial charge in [0.2, 0.25) is 10.0 Å². The Morgan fingerprint density at radius 2 is 2.08 bits per heavy atom. The summed E-state index contributed by atoms with van der Waals surface area (Å²) in [5.74, 6) is -0.280. The normalized spacial score (nSPS) is 12.7. The number of nitrogens with zero attached hydrogens (tertiary/aromatic N) is 1. The van der Waals surface area contributed by atoms with Gasteiger partial charge >= 0.3 is 6.36 Å². The van der Waals surface area contributed by atoms with Gasteiger partial charge in [-0.25, -0.2) is 13.1 Å². The molecule has 0 amide bonds. The Labute approximate surface area is 143 Å². The smallest absolute Gasteiger partial charge is 0.406 e. The van der Waals surface area contributed by atoms with E-state index in [1.165, 1.54) is 18.2 Å². The third kappa shape index (κ3) is 6.07. The van der Waals surface area contributed by atoms with Crippen LogP contribution in [0, 0.1) is 0 Å². The Kier molecular flexibility index (Phi) is 5.76. The minimum absolute atomic E-state index is 0.217. The summed E-state index contributed by atoms with van der Waals surface area (Å²) in [5.41, 5.74) is 1.47. The molecular formula is C15H18F3N3O3S. The molecule has 0 radical (unpaired) electrons. The van der Waals surface area contributed by atoms with Gasteiger partial charge in [-0.05, 0) is 31.3 Å². The highest BCUT2D eigenvalue weighted by Gasteiger charge is 2.31. The Hall–Kier alpha value is -2.04. The van der Waals surface area contributed by atoms with E-state index in [1.54, 1.807) is 13.1 Å². The van der Waals surface area contributed by atoms with E-state index in [9.17, 15) is 21.6 Å². The first-order chi connectivity index (χ1) is 11.6. The zero-order valence-corrected chi connectivity index (χ0v) is 14.2. The van der Waals surface area contributed by atoms with E-state index in [1.807, 2.05) is 4.90 Å². The van der Waals surface area contributed by atoms with Crippen molar-refractivity contribution in [2.45, 2.75) is 12.9 Å². The number of alkyl halides is 3. The maximum atomic E-state index is 12.3. The van der Waals surface area contributed by atoms with Gasteiger partial charge in [0, 0.05) is 41.6 Å². The van der Waals surface area contributed by atoms with Crippen LogP contribution in [0.4, 0.5) is 13.2 Å². The Bertz CT molecular complexity index is 847. The fraction of sp³-hybridized carbons (Fsp3) is 0.333. The van der Waals surface area contributed by atoms with Crippen LogP contribution < -0.4 is 9.46 Å². The second kappa shape index (κ2) is 7.46. The lowest BCUT2D eigenvalue weighted by Gasteiger charge is -2.15. The van der Waals surface area contributed by atoms with Gasteiger partial charge in [0.1, 0.15) is 5.75 Å². The molecule has 1 aromatic carbocycles. The molecule has 138 valence electrons. The number of likely N-dealkylation sites (N-methyl/N-ethyl adjacent to an activating group) is 1.